The third kappa shape index (κ3) is 4.94. The molecule has 1 saturated heterocycles. The van der Waals surface area contributed by atoms with Crippen molar-refractivity contribution in [2.24, 2.45) is 5.92 Å². The second-order valence-electron chi connectivity index (χ2n) is 6.32. The summed E-state index contributed by atoms with van der Waals surface area (Å²) < 4.78 is 0. The van der Waals surface area contributed by atoms with Crippen LogP contribution in [0.4, 0.5) is 0 Å². The standard InChI is InChI=1S/C19H24N2O2.ClH/c22-18(13-21-19(23)8-5-14-9-10-20-12-14)17-7-6-15-3-1-2-4-16(15)11-17;/h1-4,6-7,11,14,18,20,22H,5,8-10,12-13H2,(H,21,23);1H. The Morgan fingerprint density at radius 3 is 2.79 bits per heavy atom. The molecule has 1 heterocycles. The highest BCUT2D eigenvalue weighted by molar-refractivity contribution is 5.85. The fourth-order valence-corrected chi connectivity index (χ4v) is 3.13. The molecule has 1 fully saturated rings. The van der Waals surface area contributed by atoms with Crippen LogP contribution in [0.3, 0.4) is 0 Å². The number of halogens is 1. The monoisotopic (exact) mass is 348 g/mol. The molecule has 5 heteroatoms. The van der Waals surface area contributed by atoms with Gasteiger partial charge in [-0.2, -0.15) is 0 Å². The molecular weight excluding hydrogens is 324 g/mol. The highest BCUT2D eigenvalue weighted by atomic mass is 35.5. The number of nitrogens with one attached hydrogen (secondary N) is 2. The average molecular weight is 349 g/mol. The molecule has 1 aliphatic heterocycles. The second kappa shape index (κ2) is 9.02. The molecule has 1 aliphatic rings. The Hall–Kier alpha value is -1.62. The number of benzene rings is 2. The molecule has 0 saturated carbocycles. The van der Waals surface area contributed by atoms with E-state index in [9.17, 15) is 9.90 Å². The number of aliphatic hydroxyl groups is 1. The van der Waals surface area contributed by atoms with Crippen molar-refractivity contribution in [3.05, 3.63) is 48.0 Å². The molecule has 24 heavy (non-hydrogen) atoms. The molecule has 0 bridgehead atoms. The molecule has 0 spiro atoms. The molecule has 2 aromatic carbocycles. The number of fused-ring (bicyclic) bond motifs is 1. The molecule has 130 valence electrons. The number of hydrogen-bond acceptors (Lipinski definition) is 3. The van der Waals surface area contributed by atoms with Gasteiger partial charge in [0.15, 0.2) is 0 Å². The molecule has 0 aromatic heterocycles. The maximum atomic E-state index is 11.9. The van der Waals surface area contributed by atoms with Gasteiger partial charge >= 0.3 is 0 Å². The molecule has 4 nitrogen and oxygen atoms in total. The summed E-state index contributed by atoms with van der Waals surface area (Å²) in [6.45, 7) is 2.35. The number of rotatable bonds is 6. The maximum Gasteiger partial charge on any atom is 0.220 e. The zero-order chi connectivity index (χ0) is 16.1. The van der Waals surface area contributed by atoms with E-state index in [0.717, 1.165) is 42.3 Å². The number of aliphatic hydroxyl groups excluding tert-OH is 1. The van der Waals surface area contributed by atoms with Crippen molar-refractivity contribution in [2.75, 3.05) is 19.6 Å². The lowest BCUT2D eigenvalue weighted by atomic mass is 10.0. The number of carbonyl (C=O) groups excluding carboxylic acids is 1. The maximum absolute atomic E-state index is 11.9. The minimum Gasteiger partial charge on any atom is -0.387 e. The van der Waals surface area contributed by atoms with E-state index in [2.05, 4.69) is 10.6 Å². The Morgan fingerprint density at radius 2 is 2.04 bits per heavy atom. The van der Waals surface area contributed by atoms with E-state index < -0.39 is 6.10 Å². The Morgan fingerprint density at radius 1 is 1.25 bits per heavy atom. The van der Waals surface area contributed by atoms with Gasteiger partial charge in [-0.1, -0.05) is 36.4 Å². The van der Waals surface area contributed by atoms with Gasteiger partial charge in [-0.05, 0) is 54.3 Å². The van der Waals surface area contributed by atoms with Crippen molar-refractivity contribution in [2.45, 2.75) is 25.4 Å². The van der Waals surface area contributed by atoms with Crippen molar-refractivity contribution in [1.82, 2.24) is 10.6 Å². The zero-order valence-electron chi connectivity index (χ0n) is 13.7. The van der Waals surface area contributed by atoms with Crippen LogP contribution in [-0.4, -0.2) is 30.6 Å². The quantitative estimate of drug-likeness (QED) is 0.752. The minimum absolute atomic E-state index is 0. The predicted molar refractivity (Wildman–Crippen MR) is 99.4 cm³/mol. The van der Waals surface area contributed by atoms with Crippen LogP contribution in [0.1, 0.15) is 30.9 Å². The van der Waals surface area contributed by atoms with Crippen molar-refractivity contribution in [3.63, 3.8) is 0 Å². The Balaban J connectivity index is 0.00000208. The molecule has 1 amide bonds. The van der Waals surface area contributed by atoms with Crippen LogP contribution in [-0.2, 0) is 4.79 Å². The third-order valence-electron chi connectivity index (χ3n) is 4.59. The van der Waals surface area contributed by atoms with E-state index in [1.807, 2.05) is 42.5 Å². The van der Waals surface area contributed by atoms with E-state index in [1.165, 1.54) is 0 Å². The number of amides is 1. The fourth-order valence-electron chi connectivity index (χ4n) is 3.13. The molecule has 2 unspecified atom stereocenters. The van der Waals surface area contributed by atoms with Gasteiger partial charge in [0.05, 0.1) is 6.10 Å². The molecule has 3 rings (SSSR count). The van der Waals surface area contributed by atoms with Crippen molar-refractivity contribution in [3.8, 4) is 0 Å². The summed E-state index contributed by atoms with van der Waals surface area (Å²) in [5, 5.41) is 18.7. The van der Waals surface area contributed by atoms with E-state index in [0.29, 0.717) is 12.3 Å². The van der Waals surface area contributed by atoms with Crippen molar-refractivity contribution >= 4 is 29.1 Å². The molecular formula is C19H25ClN2O2. The van der Waals surface area contributed by atoms with Crippen LogP contribution >= 0.6 is 12.4 Å². The minimum atomic E-state index is -0.670. The van der Waals surface area contributed by atoms with E-state index in [-0.39, 0.29) is 24.9 Å². The smallest absolute Gasteiger partial charge is 0.220 e. The first-order valence-electron chi connectivity index (χ1n) is 8.36. The van der Waals surface area contributed by atoms with Crippen LogP contribution < -0.4 is 10.6 Å². The summed E-state index contributed by atoms with van der Waals surface area (Å²) in [7, 11) is 0. The van der Waals surface area contributed by atoms with E-state index in [1.54, 1.807) is 0 Å². The van der Waals surface area contributed by atoms with Gasteiger partial charge in [-0.25, -0.2) is 0 Å². The van der Waals surface area contributed by atoms with Gasteiger partial charge < -0.3 is 15.7 Å². The van der Waals surface area contributed by atoms with E-state index >= 15 is 0 Å². The molecule has 3 N–H and O–H groups in total. The summed E-state index contributed by atoms with van der Waals surface area (Å²) >= 11 is 0. The lowest BCUT2D eigenvalue weighted by Crippen LogP contribution is -2.28. The van der Waals surface area contributed by atoms with Crippen LogP contribution in [0, 0.1) is 5.92 Å². The SMILES string of the molecule is Cl.O=C(CCC1CCNC1)NCC(O)c1ccc2ccccc2c1. The molecule has 2 atom stereocenters. The van der Waals surface area contributed by atoms with Gasteiger partial charge in [-0.15, -0.1) is 12.4 Å². The van der Waals surface area contributed by atoms with Gasteiger partial charge in [0.1, 0.15) is 0 Å². The first-order valence-corrected chi connectivity index (χ1v) is 8.36. The van der Waals surface area contributed by atoms with Crippen molar-refractivity contribution in [1.29, 1.82) is 0 Å². The zero-order valence-corrected chi connectivity index (χ0v) is 14.5. The molecule has 0 aliphatic carbocycles. The van der Waals surface area contributed by atoms with Crippen molar-refractivity contribution < 1.29 is 9.90 Å². The Bertz CT molecular complexity index is 671. The average Bonchev–Trinajstić information content (AvgIpc) is 3.11. The lowest BCUT2D eigenvalue weighted by molar-refractivity contribution is -0.121. The summed E-state index contributed by atoms with van der Waals surface area (Å²) in [4.78, 5) is 11.9. The van der Waals surface area contributed by atoms with Gasteiger partial charge in [0.2, 0.25) is 5.91 Å². The fraction of sp³-hybridized carbons (Fsp3) is 0.421. The summed E-state index contributed by atoms with van der Waals surface area (Å²) in [5.41, 5.74) is 0.837. The lowest BCUT2D eigenvalue weighted by Gasteiger charge is -2.14. The topological polar surface area (TPSA) is 61.4 Å². The highest BCUT2D eigenvalue weighted by Gasteiger charge is 2.16. The Labute approximate surface area is 149 Å². The summed E-state index contributed by atoms with van der Waals surface area (Å²) in [6, 6.07) is 14.0. The molecule has 0 radical (unpaired) electrons. The predicted octanol–water partition coefficient (Wildman–Crippen LogP) is 2.80. The largest absolute Gasteiger partial charge is 0.387 e. The van der Waals surface area contributed by atoms with Crippen LogP contribution in [0.25, 0.3) is 10.8 Å². The van der Waals surface area contributed by atoms with Gasteiger partial charge in [-0.3, -0.25) is 4.79 Å². The number of carbonyl (C=O) groups is 1. The first-order chi connectivity index (χ1) is 11.2. The van der Waals surface area contributed by atoms with Gasteiger partial charge in [0.25, 0.3) is 0 Å². The molecule has 2 aromatic rings. The highest BCUT2D eigenvalue weighted by Crippen LogP contribution is 2.20. The van der Waals surface area contributed by atoms with Crippen LogP contribution in [0.2, 0.25) is 0 Å². The van der Waals surface area contributed by atoms with Gasteiger partial charge in [0, 0.05) is 13.0 Å². The van der Waals surface area contributed by atoms with E-state index in [4.69, 9.17) is 0 Å². The number of hydrogen-bond donors (Lipinski definition) is 3. The van der Waals surface area contributed by atoms with Crippen LogP contribution in [0.15, 0.2) is 42.5 Å². The first kappa shape index (κ1) is 18.7. The summed E-state index contributed by atoms with van der Waals surface area (Å²) in [6.07, 6.45) is 1.95. The van der Waals surface area contributed by atoms with Crippen LogP contribution in [0.5, 0.6) is 0 Å². The normalized spacial score (nSPS) is 18.1. The third-order valence-corrected chi connectivity index (χ3v) is 4.59. The Kier molecular flexibility index (Phi) is 7.03. The second-order valence-corrected chi connectivity index (χ2v) is 6.32. The summed E-state index contributed by atoms with van der Waals surface area (Å²) in [5.74, 6) is 0.642.